The summed E-state index contributed by atoms with van der Waals surface area (Å²) in [4.78, 5) is 10.7. The minimum Gasteiger partial charge on any atom is -0.377 e. The Morgan fingerprint density at radius 3 is 2.94 bits per heavy atom. The minimum absolute atomic E-state index is 0.153. The summed E-state index contributed by atoms with van der Waals surface area (Å²) in [6.07, 6.45) is 4.85. The third kappa shape index (κ3) is 1.62. The van der Waals surface area contributed by atoms with Crippen LogP contribution in [0.15, 0.2) is 12.4 Å². The first-order valence-electron chi connectivity index (χ1n) is 6.34. The molecule has 0 unspecified atom stereocenters. The van der Waals surface area contributed by atoms with Gasteiger partial charge in [0.1, 0.15) is 11.0 Å². The zero-order chi connectivity index (χ0) is 12.9. The van der Waals surface area contributed by atoms with Crippen LogP contribution in [-0.2, 0) is 4.74 Å². The van der Waals surface area contributed by atoms with Gasteiger partial charge in [-0.2, -0.15) is 0 Å². The molecule has 0 amide bonds. The Morgan fingerprint density at radius 2 is 2.22 bits per heavy atom. The van der Waals surface area contributed by atoms with Crippen LogP contribution in [0.3, 0.4) is 0 Å². The van der Waals surface area contributed by atoms with Gasteiger partial charge in [-0.15, -0.1) is 0 Å². The molecule has 98 valence electrons. The molecule has 3 atom stereocenters. The van der Waals surface area contributed by atoms with Crippen molar-refractivity contribution in [3.8, 4) is 0 Å². The van der Waals surface area contributed by atoms with Gasteiger partial charge in [0.25, 0.3) is 0 Å². The van der Waals surface area contributed by atoms with Crippen molar-refractivity contribution < 1.29 is 4.74 Å². The molecule has 3 rings (SSSR count). The molecule has 2 heterocycles. The third-order valence-corrected chi connectivity index (χ3v) is 4.59. The number of aromatic nitrogens is 2. The summed E-state index contributed by atoms with van der Waals surface area (Å²) in [6, 6.07) is 0.442. The van der Waals surface area contributed by atoms with Crippen LogP contribution in [0.25, 0.3) is 0 Å². The molecule has 2 aliphatic rings. The SMILES string of the molecule is CN(c1cncc(Cl)n1)[C@@H]1[C@@H]2CCO[C@@H]2C1(C)C. The van der Waals surface area contributed by atoms with E-state index in [4.69, 9.17) is 16.3 Å². The van der Waals surface area contributed by atoms with Gasteiger partial charge in [-0.1, -0.05) is 25.4 Å². The highest BCUT2D eigenvalue weighted by Crippen LogP contribution is 2.54. The fourth-order valence-electron chi connectivity index (χ4n) is 3.73. The topological polar surface area (TPSA) is 38.2 Å². The van der Waals surface area contributed by atoms with Gasteiger partial charge in [-0.3, -0.25) is 4.98 Å². The maximum absolute atomic E-state index is 5.91. The smallest absolute Gasteiger partial charge is 0.149 e. The lowest BCUT2D eigenvalue weighted by Gasteiger charge is -2.58. The van der Waals surface area contributed by atoms with E-state index in [2.05, 4.69) is 35.8 Å². The number of anilines is 1. The van der Waals surface area contributed by atoms with Gasteiger partial charge >= 0.3 is 0 Å². The maximum Gasteiger partial charge on any atom is 0.149 e. The van der Waals surface area contributed by atoms with Crippen molar-refractivity contribution in [2.24, 2.45) is 11.3 Å². The van der Waals surface area contributed by atoms with Crippen LogP contribution in [0.2, 0.25) is 5.15 Å². The van der Waals surface area contributed by atoms with Crippen LogP contribution < -0.4 is 4.90 Å². The van der Waals surface area contributed by atoms with E-state index >= 15 is 0 Å². The Morgan fingerprint density at radius 1 is 1.44 bits per heavy atom. The standard InChI is InChI=1S/C13H18ClN3O/c1-13(2)11(8-4-5-18-12(8)13)17(3)10-7-15-6-9(14)16-10/h6-8,11-12H,4-5H2,1-3H3/t8-,11+,12-/m0/s1. The van der Waals surface area contributed by atoms with E-state index in [1.54, 1.807) is 12.4 Å². The third-order valence-electron chi connectivity index (χ3n) is 4.41. The van der Waals surface area contributed by atoms with E-state index in [0.717, 1.165) is 18.8 Å². The Hall–Kier alpha value is -0.870. The summed E-state index contributed by atoms with van der Waals surface area (Å²) >= 11 is 5.91. The Bertz CT molecular complexity index is 465. The van der Waals surface area contributed by atoms with Gasteiger partial charge in [-0.25, -0.2) is 4.98 Å². The molecule has 1 saturated carbocycles. The van der Waals surface area contributed by atoms with Crippen molar-refractivity contribution >= 4 is 17.4 Å². The number of hydrogen-bond donors (Lipinski definition) is 0. The highest BCUT2D eigenvalue weighted by atomic mass is 35.5. The highest BCUT2D eigenvalue weighted by molar-refractivity contribution is 6.29. The molecule has 2 fully saturated rings. The fourth-order valence-corrected chi connectivity index (χ4v) is 3.87. The Kier molecular flexibility index (Phi) is 2.75. The lowest BCUT2D eigenvalue weighted by atomic mass is 9.57. The van der Waals surface area contributed by atoms with Gasteiger partial charge in [0.05, 0.1) is 18.5 Å². The molecule has 0 bridgehead atoms. The number of rotatable bonds is 2. The van der Waals surface area contributed by atoms with Crippen molar-refractivity contribution in [2.75, 3.05) is 18.6 Å². The molecule has 0 spiro atoms. The first kappa shape index (κ1) is 12.2. The zero-order valence-electron chi connectivity index (χ0n) is 10.9. The summed E-state index contributed by atoms with van der Waals surface area (Å²) in [6.45, 7) is 5.40. The van der Waals surface area contributed by atoms with Crippen LogP contribution >= 0.6 is 11.6 Å². The second kappa shape index (κ2) is 4.07. The van der Waals surface area contributed by atoms with Crippen LogP contribution in [0.4, 0.5) is 5.82 Å². The largest absolute Gasteiger partial charge is 0.377 e. The van der Waals surface area contributed by atoms with E-state index in [0.29, 0.717) is 23.2 Å². The van der Waals surface area contributed by atoms with E-state index < -0.39 is 0 Å². The van der Waals surface area contributed by atoms with Crippen molar-refractivity contribution in [2.45, 2.75) is 32.4 Å². The molecule has 1 saturated heterocycles. The number of fused-ring (bicyclic) bond motifs is 1. The molecular formula is C13H18ClN3O. The quantitative estimate of drug-likeness (QED) is 0.825. The summed E-state index contributed by atoms with van der Waals surface area (Å²) in [5.74, 6) is 1.44. The van der Waals surface area contributed by atoms with Crippen molar-refractivity contribution in [3.63, 3.8) is 0 Å². The summed E-state index contributed by atoms with van der Waals surface area (Å²) < 4.78 is 5.82. The van der Waals surface area contributed by atoms with E-state index in [9.17, 15) is 0 Å². The van der Waals surface area contributed by atoms with E-state index in [1.165, 1.54) is 0 Å². The summed E-state index contributed by atoms with van der Waals surface area (Å²) in [7, 11) is 2.07. The van der Waals surface area contributed by atoms with Crippen LogP contribution in [0.1, 0.15) is 20.3 Å². The molecule has 18 heavy (non-hydrogen) atoms. The molecule has 1 aromatic rings. The monoisotopic (exact) mass is 267 g/mol. The first-order valence-corrected chi connectivity index (χ1v) is 6.71. The van der Waals surface area contributed by atoms with Gasteiger partial charge in [0, 0.05) is 31.0 Å². The number of hydrogen-bond acceptors (Lipinski definition) is 4. The predicted octanol–water partition coefficient (Wildman–Crippen LogP) is 2.38. The molecule has 1 aliphatic heterocycles. The Balaban J connectivity index is 1.87. The van der Waals surface area contributed by atoms with Crippen molar-refractivity contribution in [1.82, 2.24) is 9.97 Å². The number of nitrogens with zero attached hydrogens (tertiary/aromatic N) is 3. The maximum atomic E-state index is 5.91. The van der Waals surface area contributed by atoms with Gasteiger partial charge in [-0.05, 0) is 6.42 Å². The average molecular weight is 268 g/mol. The molecule has 1 aromatic heterocycles. The lowest BCUT2D eigenvalue weighted by Crippen LogP contribution is -2.66. The van der Waals surface area contributed by atoms with Gasteiger partial charge < -0.3 is 9.64 Å². The van der Waals surface area contributed by atoms with E-state index in [1.807, 2.05) is 0 Å². The molecule has 0 aromatic carbocycles. The zero-order valence-corrected chi connectivity index (χ0v) is 11.7. The molecule has 1 aliphatic carbocycles. The second-order valence-corrected chi connectivity index (χ2v) is 6.21. The second-order valence-electron chi connectivity index (χ2n) is 5.82. The lowest BCUT2D eigenvalue weighted by molar-refractivity contribution is -0.101. The van der Waals surface area contributed by atoms with E-state index in [-0.39, 0.29) is 5.41 Å². The number of ether oxygens (including phenoxy) is 1. The predicted molar refractivity (Wildman–Crippen MR) is 70.9 cm³/mol. The highest BCUT2D eigenvalue weighted by Gasteiger charge is 2.61. The molecule has 0 N–H and O–H groups in total. The minimum atomic E-state index is 0.153. The van der Waals surface area contributed by atoms with Crippen molar-refractivity contribution in [1.29, 1.82) is 0 Å². The first-order chi connectivity index (χ1) is 8.51. The fraction of sp³-hybridized carbons (Fsp3) is 0.692. The van der Waals surface area contributed by atoms with Crippen LogP contribution in [0.5, 0.6) is 0 Å². The molecule has 0 radical (unpaired) electrons. The molecule has 4 nitrogen and oxygen atoms in total. The van der Waals surface area contributed by atoms with Gasteiger partial charge in [0.2, 0.25) is 0 Å². The van der Waals surface area contributed by atoms with Gasteiger partial charge in [0.15, 0.2) is 0 Å². The van der Waals surface area contributed by atoms with Crippen LogP contribution in [0, 0.1) is 11.3 Å². The van der Waals surface area contributed by atoms with Crippen LogP contribution in [-0.4, -0.2) is 35.8 Å². The van der Waals surface area contributed by atoms with Crippen molar-refractivity contribution in [3.05, 3.63) is 17.5 Å². The normalized spacial score (nSPS) is 32.8. The summed E-state index contributed by atoms with van der Waals surface area (Å²) in [5.41, 5.74) is 0.153. The molecular weight excluding hydrogens is 250 g/mol. The molecule has 5 heteroatoms. The summed E-state index contributed by atoms with van der Waals surface area (Å²) in [5, 5.41) is 0.440. The Labute approximate surface area is 112 Å². The average Bonchev–Trinajstić information content (AvgIpc) is 2.75. The number of halogens is 1.